The highest BCUT2D eigenvalue weighted by Crippen LogP contribution is 2.27. The van der Waals surface area contributed by atoms with Gasteiger partial charge in [0.15, 0.2) is 0 Å². The number of nitrogens with one attached hydrogen (secondary N) is 1. The molecule has 0 radical (unpaired) electrons. The molecule has 0 amide bonds. The molecule has 0 saturated heterocycles. The molecule has 0 saturated carbocycles. The first-order chi connectivity index (χ1) is 3.98. The van der Waals surface area contributed by atoms with E-state index in [9.17, 15) is 0 Å². The van der Waals surface area contributed by atoms with Gasteiger partial charge in [0.25, 0.3) is 3.79 Å². The first kappa shape index (κ1) is 9.77. The maximum absolute atomic E-state index is 6.91. The lowest BCUT2D eigenvalue weighted by Crippen LogP contribution is -2.20. The number of hydrogen-bond donors (Lipinski definition) is 1. The number of alkyl halides is 3. The fourth-order valence-electron chi connectivity index (χ4n) is 0.165. The lowest BCUT2D eigenvalue weighted by molar-refractivity contribution is 0.369. The highest BCUT2D eigenvalue weighted by atomic mass is 35.6. The van der Waals surface area contributed by atoms with Crippen LogP contribution < -0.4 is 0 Å². The summed E-state index contributed by atoms with van der Waals surface area (Å²) in [5.41, 5.74) is 0. The van der Waals surface area contributed by atoms with Crippen LogP contribution in [0.15, 0.2) is 0 Å². The summed E-state index contributed by atoms with van der Waals surface area (Å²) in [5, 5.41) is 6.91. The van der Waals surface area contributed by atoms with E-state index in [1.165, 1.54) is 0 Å². The van der Waals surface area contributed by atoms with E-state index in [1.807, 2.05) is 0 Å². The van der Waals surface area contributed by atoms with Crippen LogP contribution in [0.4, 0.5) is 0 Å². The van der Waals surface area contributed by atoms with Crippen molar-refractivity contribution in [3.05, 3.63) is 0 Å². The molecular weight excluding hydrogens is 203 g/mol. The summed E-state index contributed by atoms with van der Waals surface area (Å²) in [6.45, 7) is 0. The lowest BCUT2D eigenvalue weighted by atomic mass is 10.8. The van der Waals surface area contributed by atoms with Gasteiger partial charge in [0, 0.05) is 0 Å². The van der Waals surface area contributed by atoms with Crippen LogP contribution in [0.2, 0.25) is 0 Å². The quantitative estimate of drug-likeness (QED) is 0.305. The molecule has 0 aliphatic carbocycles. The largest absolute Gasteiger partial charge is 0.474 e. The van der Waals surface area contributed by atoms with Gasteiger partial charge in [-0.2, -0.15) is 0 Å². The first-order valence-corrected chi connectivity index (χ1v) is 3.92. The van der Waals surface area contributed by atoms with Gasteiger partial charge in [0.2, 0.25) is 5.90 Å². The molecule has 9 heavy (non-hydrogen) atoms. The van der Waals surface area contributed by atoms with Gasteiger partial charge in [-0.05, 0) is 0 Å². The molecule has 0 aromatic rings. The Morgan fingerprint density at radius 3 is 2.11 bits per heavy atom. The van der Waals surface area contributed by atoms with E-state index < -0.39 is 3.79 Å². The molecular formula is C3H5Cl3NOP. The van der Waals surface area contributed by atoms with E-state index >= 15 is 0 Å². The lowest BCUT2D eigenvalue weighted by Gasteiger charge is -2.11. The van der Waals surface area contributed by atoms with Crippen LogP contribution >= 0.6 is 44.0 Å². The van der Waals surface area contributed by atoms with Crippen LogP contribution in [0, 0.1) is 5.41 Å². The Morgan fingerprint density at radius 2 is 2.00 bits per heavy atom. The van der Waals surface area contributed by atoms with Crippen LogP contribution in [0.25, 0.3) is 0 Å². The van der Waals surface area contributed by atoms with Gasteiger partial charge in [-0.25, -0.2) is 0 Å². The molecule has 0 aromatic carbocycles. The van der Waals surface area contributed by atoms with Gasteiger partial charge in [0.05, 0.1) is 0 Å². The van der Waals surface area contributed by atoms with Crippen molar-refractivity contribution in [2.75, 3.05) is 6.35 Å². The molecule has 0 fully saturated rings. The molecule has 54 valence electrons. The molecule has 0 rings (SSSR count). The monoisotopic (exact) mass is 207 g/mol. The Kier molecular flexibility index (Phi) is 4.15. The number of hydrogen-bond acceptors (Lipinski definition) is 2. The number of ether oxygens (including phenoxy) is 1. The summed E-state index contributed by atoms with van der Waals surface area (Å²) in [4.78, 5) is 0. The summed E-state index contributed by atoms with van der Waals surface area (Å²) >= 11 is 15.7. The second kappa shape index (κ2) is 3.82. The molecule has 1 unspecified atom stereocenters. The Morgan fingerprint density at radius 1 is 1.56 bits per heavy atom. The van der Waals surface area contributed by atoms with Gasteiger partial charge in [-0.1, -0.05) is 44.0 Å². The van der Waals surface area contributed by atoms with Crippen molar-refractivity contribution in [2.24, 2.45) is 0 Å². The van der Waals surface area contributed by atoms with Crippen LogP contribution in [0.1, 0.15) is 0 Å². The third-order valence-electron chi connectivity index (χ3n) is 0.485. The van der Waals surface area contributed by atoms with Crippen LogP contribution in [-0.4, -0.2) is 16.0 Å². The van der Waals surface area contributed by atoms with E-state index in [4.69, 9.17) is 40.2 Å². The molecule has 6 heteroatoms. The zero-order valence-electron chi connectivity index (χ0n) is 4.33. The van der Waals surface area contributed by atoms with E-state index in [1.54, 1.807) is 0 Å². The molecule has 1 N–H and O–H groups in total. The fraction of sp³-hybridized carbons (Fsp3) is 0.667. The minimum atomic E-state index is -1.73. The summed E-state index contributed by atoms with van der Waals surface area (Å²) in [7, 11) is 2.24. The maximum Gasteiger partial charge on any atom is 0.265 e. The molecule has 0 aliphatic heterocycles. The zero-order valence-corrected chi connectivity index (χ0v) is 7.75. The van der Waals surface area contributed by atoms with Gasteiger partial charge in [0.1, 0.15) is 6.35 Å². The fourth-order valence-corrected chi connectivity index (χ4v) is 0.495. The molecule has 0 bridgehead atoms. The Labute approximate surface area is 70.5 Å². The van der Waals surface area contributed by atoms with Gasteiger partial charge < -0.3 is 4.74 Å². The zero-order chi connectivity index (χ0) is 7.49. The SMILES string of the molecule is N=C(OCP)C(Cl)(Cl)Cl. The third kappa shape index (κ3) is 4.21. The van der Waals surface area contributed by atoms with Crippen molar-refractivity contribution in [3.63, 3.8) is 0 Å². The molecule has 0 aliphatic rings. The number of halogens is 3. The maximum atomic E-state index is 6.91. The highest BCUT2D eigenvalue weighted by Gasteiger charge is 2.27. The van der Waals surface area contributed by atoms with Crippen LogP contribution in [0.3, 0.4) is 0 Å². The van der Waals surface area contributed by atoms with Gasteiger partial charge in [-0.3, -0.25) is 5.41 Å². The summed E-state index contributed by atoms with van der Waals surface area (Å²) in [5.74, 6) is -0.359. The average molecular weight is 208 g/mol. The Hall–Kier alpha value is 0.770. The number of rotatable bonds is 1. The van der Waals surface area contributed by atoms with Crippen molar-refractivity contribution >= 4 is 49.9 Å². The summed E-state index contributed by atoms with van der Waals surface area (Å²) in [6.07, 6.45) is 0.257. The smallest absolute Gasteiger partial charge is 0.265 e. The average Bonchev–Trinajstić information content (AvgIpc) is 1.64. The van der Waals surface area contributed by atoms with Crippen molar-refractivity contribution in [3.8, 4) is 0 Å². The van der Waals surface area contributed by atoms with E-state index in [-0.39, 0.29) is 12.2 Å². The van der Waals surface area contributed by atoms with Crippen molar-refractivity contribution in [1.82, 2.24) is 0 Å². The van der Waals surface area contributed by atoms with Gasteiger partial charge >= 0.3 is 0 Å². The van der Waals surface area contributed by atoms with E-state index in [2.05, 4.69) is 14.0 Å². The minimum Gasteiger partial charge on any atom is -0.474 e. The first-order valence-electron chi connectivity index (χ1n) is 1.97. The second-order valence-corrected chi connectivity index (χ2v) is 3.75. The summed E-state index contributed by atoms with van der Waals surface area (Å²) in [6, 6.07) is 0. The molecule has 0 aromatic heterocycles. The highest BCUT2D eigenvalue weighted by molar-refractivity contribution is 7.16. The molecule has 0 spiro atoms. The molecule has 2 nitrogen and oxygen atoms in total. The minimum absolute atomic E-state index is 0.257. The standard InChI is InChI=1S/C3H5Cl3NOP/c4-3(5,6)2(7)8-1-9/h7H,1,9H2. The van der Waals surface area contributed by atoms with Gasteiger partial charge in [-0.15, -0.1) is 0 Å². The summed E-state index contributed by atoms with van der Waals surface area (Å²) < 4.78 is 2.83. The normalized spacial score (nSPS) is 11.1. The van der Waals surface area contributed by atoms with E-state index in [0.29, 0.717) is 0 Å². The van der Waals surface area contributed by atoms with Crippen molar-refractivity contribution in [2.45, 2.75) is 3.79 Å². The van der Waals surface area contributed by atoms with E-state index in [0.717, 1.165) is 0 Å². The topological polar surface area (TPSA) is 33.1 Å². The van der Waals surface area contributed by atoms with Crippen molar-refractivity contribution < 1.29 is 4.74 Å². The van der Waals surface area contributed by atoms with Crippen molar-refractivity contribution in [1.29, 1.82) is 5.41 Å². The Balaban J connectivity index is 3.74. The Bertz CT molecular complexity index is 112. The van der Waals surface area contributed by atoms with Crippen LogP contribution in [0.5, 0.6) is 0 Å². The second-order valence-electron chi connectivity index (χ2n) is 1.14. The molecule has 1 atom stereocenters. The third-order valence-corrected chi connectivity index (χ3v) is 1.17. The predicted octanol–water partition coefficient (Wildman–Crippen LogP) is 2.18. The predicted molar refractivity (Wildman–Crippen MR) is 43.7 cm³/mol. The molecule has 0 heterocycles. The van der Waals surface area contributed by atoms with Crippen LogP contribution in [-0.2, 0) is 4.74 Å².